The maximum absolute atomic E-state index is 13.0. The van der Waals surface area contributed by atoms with Crippen molar-refractivity contribution in [2.45, 2.75) is 20.0 Å². The molecule has 0 saturated heterocycles. The highest BCUT2D eigenvalue weighted by Gasteiger charge is 2.15. The van der Waals surface area contributed by atoms with Crippen LogP contribution >= 0.6 is 11.3 Å². The Balaban J connectivity index is 1.74. The Morgan fingerprint density at radius 2 is 1.96 bits per heavy atom. The molecule has 1 atom stereocenters. The van der Waals surface area contributed by atoms with Gasteiger partial charge in [0.05, 0.1) is 22.3 Å². The van der Waals surface area contributed by atoms with Crippen molar-refractivity contribution in [2.24, 2.45) is 0 Å². The summed E-state index contributed by atoms with van der Waals surface area (Å²) in [5.41, 5.74) is 1.83. The molecule has 0 bridgehead atoms. The molecule has 0 aliphatic carbocycles. The molecule has 134 valence electrons. The van der Waals surface area contributed by atoms with Crippen LogP contribution in [0.5, 0.6) is 0 Å². The van der Waals surface area contributed by atoms with Crippen LogP contribution in [0, 0.1) is 19.7 Å². The van der Waals surface area contributed by atoms with Gasteiger partial charge in [0.15, 0.2) is 11.6 Å². The van der Waals surface area contributed by atoms with Gasteiger partial charge in [-0.3, -0.25) is 4.79 Å². The topological polar surface area (TPSA) is 88.0 Å². The molecule has 0 aliphatic rings. The number of nitrogens with one attached hydrogen (secondary N) is 1. The number of carbonyl (C=O) groups is 1. The van der Waals surface area contributed by atoms with Crippen LogP contribution in [0.25, 0.3) is 11.4 Å². The quantitative estimate of drug-likeness (QED) is 0.719. The summed E-state index contributed by atoms with van der Waals surface area (Å²) in [5.74, 6) is -0.501. The zero-order chi connectivity index (χ0) is 18.7. The van der Waals surface area contributed by atoms with Crippen LogP contribution in [0.15, 0.2) is 36.8 Å². The molecular weight excluding hydrogens is 355 g/mol. The Bertz CT molecular complexity index is 927. The van der Waals surface area contributed by atoms with Crippen molar-refractivity contribution >= 4 is 17.2 Å². The zero-order valence-electron chi connectivity index (χ0n) is 14.2. The van der Waals surface area contributed by atoms with Crippen LogP contribution in [-0.4, -0.2) is 32.5 Å². The van der Waals surface area contributed by atoms with Crippen molar-refractivity contribution in [3.05, 3.63) is 63.6 Å². The number of carbonyl (C=O) groups excluding carboxylic acids is 1. The second-order valence-corrected chi connectivity index (χ2v) is 7.03. The number of rotatable bonds is 5. The van der Waals surface area contributed by atoms with Crippen molar-refractivity contribution in [1.29, 1.82) is 0 Å². The molecule has 1 amide bonds. The van der Waals surface area contributed by atoms with Gasteiger partial charge in [-0.25, -0.2) is 19.3 Å². The Labute approximate surface area is 153 Å². The van der Waals surface area contributed by atoms with Gasteiger partial charge in [-0.15, -0.1) is 11.3 Å². The number of thiazole rings is 1. The van der Waals surface area contributed by atoms with Crippen molar-refractivity contribution in [3.8, 4) is 11.4 Å². The summed E-state index contributed by atoms with van der Waals surface area (Å²) in [6, 6.07) is 5.20. The maximum Gasteiger partial charge on any atom is 0.251 e. The highest BCUT2D eigenvalue weighted by molar-refractivity contribution is 7.11. The lowest BCUT2D eigenvalue weighted by atomic mass is 10.0. The van der Waals surface area contributed by atoms with Gasteiger partial charge >= 0.3 is 0 Å². The number of hydrogen-bond acceptors (Lipinski definition) is 6. The number of aliphatic hydroxyl groups is 1. The third-order valence-corrected chi connectivity index (χ3v) is 4.80. The molecule has 6 nitrogen and oxygen atoms in total. The molecule has 2 N–H and O–H groups in total. The molecule has 8 heteroatoms. The van der Waals surface area contributed by atoms with Crippen molar-refractivity contribution in [2.75, 3.05) is 6.54 Å². The smallest absolute Gasteiger partial charge is 0.251 e. The van der Waals surface area contributed by atoms with E-state index < -0.39 is 11.9 Å². The van der Waals surface area contributed by atoms with E-state index in [0.717, 1.165) is 23.0 Å². The van der Waals surface area contributed by atoms with E-state index in [-0.39, 0.29) is 12.5 Å². The number of hydrogen-bond donors (Lipinski definition) is 2. The van der Waals surface area contributed by atoms with E-state index in [4.69, 9.17) is 0 Å². The number of halogens is 1. The summed E-state index contributed by atoms with van der Waals surface area (Å²) < 4.78 is 13.0. The average molecular weight is 372 g/mol. The van der Waals surface area contributed by atoms with Crippen LogP contribution in [0.4, 0.5) is 4.39 Å². The molecule has 1 aromatic carbocycles. The van der Waals surface area contributed by atoms with E-state index in [0.29, 0.717) is 21.8 Å². The number of amides is 1. The van der Waals surface area contributed by atoms with Crippen molar-refractivity contribution in [1.82, 2.24) is 20.3 Å². The summed E-state index contributed by atoms with van der Waals surface area (Å²) in [4.78, 5) is 25.2. The molecule has 0 unspecified atom stereocenters. The van der Waals surface area contributed by atoms with Crippen LogP contribution in [0.2, 0.25) is 0 Å². The largest absolute Gasteiger partial charge is 0.386 e. The highest BCUT2D eigenvalue weighted by Crippen LogP contribution is 2.21. The van der Waals surface area contributed by atoms with Crippen LogP contribution in [-0.2, 0) is 0 Å². The molecule has 0 radical (unpaired) electrons. The molecule has 3 rings (SSSR count). The van der Waals surface area contributed by atoms with E-state index in [1.807, 2.05) is 13.8 Å². The predicted molar refractivity (Wildman–Crippen MR) is 96.3 cm³/mol. The summed E-state index contributed by atoms with van der Waals surface area (Å²) >= 11 is 1.39. The third-order valence-electron chi connectivity index (χ3n) is 3.78. The molecule has 0 fully saturated rings. The molecule has 3 aromatic rings. The average Bonchev–Trinajstić information content (AvgIpc) is 3.07. The van der Waals surface area contributed by atoms with Gasteiger partial charge in [0.25, 0.3) is 5.91 Å². The molecule has 0 spiro atoms. The summed E-state index contributed by atoms with van der Waals surface area (Å²) in [7, 11) is 0. The third kappa shape index (κ3) is 4.09. The summed E-state index contributed by atoms with van der Waals surface area (Å²) in [6.45, 7) is 3.75. The summed E-state index contributed by atoms with van der Waals surface area (Å²) in [5, 5.41) is 13.7. The molecule has 0 saturated carbocycles. The minimum absolute atomic E-state index is 0.0805. The predicted octanol–water partition coefficient (Wildman–Crippen LogP) is 2.82. The van der Waals surface area contributed by atoms with E-state index in [1.54, 1.807) is 24.4 Å². The first-order chi connectivity index (χ1) is 12.4. The Morgan fingerprint density at radius 3 is 2.62 bits per heavy atom. The Morgan fingerprint density at radius 1 is 1.23 bits per heavy atom. The van der Waals surface area contributed by atoms with E-state index >= 15 is 0 Å². The van der Waals surface area contributed by atoms with Gasteiger partial charge in [-0.1, -0.05) is 12.1 Å². The van der Waals surface area contributed by atoms with Gasteiger partial charge in [0.1, 0.15) is 6.10 Å². The SMILES string of the molecule is Cc1ncc([C@@H](O)CNC(=O)c2cc(-c3ncc(F)cn3)ccc2C)s1. The maximum atomic E-state index is 13.0. The second kappa shape index (κ2) is 7.67. The van der Waals surface area contributed by atoms with Gasteiger partial charge in [-0.2, -0.15) is 0 Å². The Hall–Kier alpha value is -2.71. The van der Waals surface area contributed by atoms with Gasteiger partial charge < -0.3 is 10.4 Å². The molecule has 2 aromatic heterocycles. The first-order valence-corrected chi connectivity index (χ1v) is 8.73. The minimum Gasteiger partial charge on any atom is -0.386 e. The fourth-order valence-electron chi connectivity index (χ4n) is 2.38. The number of aryl methyl sites for hydroxylation is 2. The number of nitrogens with zero attached hydrogens (tertiary/aromatic N) is 3. The van der Waals surface area contributed by atoms with E-state index in [2.05, 4.69) is 20.3 Å². The van der Waals surface area contributed by atoms with Gasteiger partial charge in [0, 0.05) is 23.9 Å². The van der Waals surface area contributed by atoms with E-state index in [1.165, 1.54) is 11.3 Å². The minimum atomic E-state index is -0.811. The zero-order valence-corrected chi connectivity index (χ0v) is 15.0. The second-order valence-electron chi connectivity index (χ2n) is 5.76. The first-order valence-electron chi connectivity index (χ1n) is 7.91. The number of benzene rings is 1. The lowest BCUT2D eigenvalue weighted by Gasteiger charge is -2.12. The fourth-order valence-corrected chi connectivity index (χ4v) is 3.16. The fraction of sp³-hybridized carbons (Fsp3) is 0.222. The lowest BCUT2D eigenvalue weighted by molar-refractivity contribution is 0.0917. The van der Waals surface area contributed by atoms with E-state index in [9.17, 15) is 14.3 Å². The van der Waals surface area contributed by atoms with Crippen LogP contribution < -0.4 is 5.32 Å². The van der Waals surface area contributed by atoms with Crippen molar-refractivity contribution in [3.63, 3.8) is 0 Å². The first kappa shape index (κ1) is 18.1. The van der Waals surface area contributed by atoms with Crippen LogP contribution in [0.1, 0.15) is 31.9 Å². The number of aromatic nitrogens is 3. The molecule has 2 heterocycles. The molecule has 0 aliphatic heterocycles. The Kier molecular flexibility index (Phi) is 5.34. The monoisotopic (exact) mass is 372 g/mol. The standard InChI is InChI=1S/C18H17FN4O2S/c1-10-3-4-12(17-21-6-13(19)7-22-17)5-14(10)18(25)23-8-15(24)16-9-20-11(2)26-16/h3-7,9,15,24H,8H2,1-2H3,(H,23,25)/t15-/m0/s1. The van der Waals surface area contributed by atoms with Crippen LogP contribution in [0.3, 0.4) is 0 Å². The lowest BCUT2D eigenvalue weighted by Crippen LogP contribution is -2.28. The summed E-state index contributed by atoms with van der Waals surface area (Å²) in [6.07, 6.45) is 2.95. The van der Waals surface area contributed by atoms with Gasteiger partial charge in [0.2, 0.25) is 0 Å². The normalized spacial score (nSPS) is 12.0. The highest BCUT2D eigenvalue weighted by atomic mass is 32.1. The van der Waals surface area contributed by atoms with Gasteiger partial charge in [-0.05, 0) is 25.5 Å². The van der Waals surface area contributed by atoms with Crippen molar-refractivity contribution < 1.29 is 14.3 Å². The molecule has 26 heavy (non-hydrogen) atoms. The molecular formula is C18H17FN4O2S. The number of aliphatic hydroxyl groups excluding tert-OH is 1.